The van der Waals surface area contributed by atoms with Crippen LogP contribution in [-0.2, 0) is 6.18 Å². The number of allylic oxidation sites excluding steroid dienone is 2. The number of benzene rings is 1. The fourth-order valence-corrected chi connectivity index (χ4v) is 1.11. The first-order chi connectivity index (χ1) is 6.45. The van der Waals surface area contributed by atoms with Crippen molar-refractivity contribution in [1.82, 2.24) is 0 Å². The van der Waals surface area contributed by atoms with Gasteiger partial charge in [-0.05, 0) is 37.1 Å². The molecule has 0 aliphatic rings. The van der Waals surface area contributed by atoms with Crippen LogP contribution in [0.5, 0.6) is 0 Å². The Bertz CT molecular complexity index is 348. The number of hydrogen-bond donors (Lipinski definition) is 0. The van der Waals surface area contributed by atoms with Gasteiger partial charge in [-0.15, -0.1) is 0 Å². The summed E-state index contributed by atoms with van der Waals surface area (Å²) < 4.78 is 36.9. The largest absolute Gasteiger partial charge is 0.416 e. The summed E-state index contributed by atoms with van der Waals surface area (Å²) in [6.07, 6.45) is -2.47. The van der Waals surface area contributed by atoms with E-state index in [4.69, 9.17) is 0 Å². The van der Waals surface area contributed by atoms with Gasteiger partial charge in [0.05, 0.1) is 5.56 Å². The van der Waals surface area contributed by atoms with Crippen molar-refractivity contribution >= 4 is 5.57 Å². The third-order valence-corrected chi connectivity index (χ3v) is 2.08. The summed E-state index contributed by atoms with van der Waals surface area (Å²) in [7, 11) is 0. The van der Waals surface area contributed by atoms with Crippen LogP contribution in [0, 0.1) is 0 Å². The van der Waals surface area contributed by atoms with Crippen LogP contribution in [0.2, 0.25) is 0 Å². The lowest BCUT2D eigenvalue weighted by molar-refractivity contribution is -0.137. The molecule has 0 unspecified atom stereocenters. The summed E-state index contributed by atoms with van der Waals surface area (Å²) in [6, 6.07) is 5.33. The van der Waals surface area contributed by atoms with E-state index in [-0.39, 0.29) is 0 Å². The van der Waals surface area contributed by atoms with E-state index in [1.165, 1.54) is 6.07 Å². The average molecular weight is 200 g/mol. The molecule has 0 spiro atoms. The highest BCUT2D eigenvalue weighted by Gasteiger charge is 2.30. The monoisotopic (exact) mass is 200 g/mol. The Morgan fingerprint density at radius 3 is 2.43 bits per heavy atom. The van der Waals surface area contributed by atoms with Crippen LogP contribution in [0.3, 0.4) is 0 Å². The van der Waals surface area contributed by atoms with E-state index in [1.807, 2.05) is 0 Å². The van der Waals surface area contributed by atoms with E-state index in [2.05, 4.69) is 0 Å². The molecule has 1 aromatic rings. The van der Waals surface area contributed by atoms with Gasteiger partial charge >= 0.3 is 6.18 Å². The van der Waals surface area contributed by atoms with Gasteiger partial charge in [0.25, 0.3) is 0 Å². The summed E-state index contributed by atoms with van der Waals surface area (Å²) in [5, 5.41) is 0. The molecule has 0 saturated carbocycles. The predicted octanol–water partition coefficient (Wildman–Crippen LogP) is 4.13. The second kappa shape index (κ2) is 3.86. The van der Waals surface area contributed by atoms with Crippen molar-refractivity contribution in [2.75, 3.05) is 0 Å². The fraction of sp³-hybridized carbons (Fsp3) is 0.273. The minimum absolute atomic E-state index is 0.601. The molecule has 0 nitrogen and oxygen atoms in total. The molecule has 0 aliphatic carbocycles. The maximum Gasteiger partial charge on any atom is 0.416 e. The molecule has 76 valence electrons. The van der Waals surface area contributed by atoms with Crippen LogP contribution in [0.15, 0.2) is 30.3 Å². The van der Waals surface area contributed by atoms with Crippen LogP contribution >= 0.6 is 0 Å². The molecule has 0 N–H and O–H groups in total. The molecule has 0 aromatic heterocycles. The highest BCUT2D eigenvalue weighted by molar-refractivity contribution is 5.63. The molecular weight excluding hydrogens is 189 g/mol. The number of hydrogen-bond acceptors (Lipinski definition) is 0. The van der Waals surface area contributed by atoms with E-state index in [1.54, 1.807) is 26.0 Å². The smallest absolute Gasteiger partial charge is 0.166 e. The van der Waals surface area contributed by atoms with Gasteiger partial charge in [-0.2, -0.15) is 13.2 Å². The number of halogens is 3. The lowest BCUT2D eigenvalue weighted by Crippen LogP contribution is -2.04. The molecular formula is C11H11F3. The zero-order valence-electron chi connectivity index (χ0n) is 8.02. The van der Waals surface area contributed by atoms with E-state index >= 15 is 0 Å². The van der Waals surface area contributed by atoms with Crippen LogP contribution < -0.4 is 0 Å². The second-order valence-corrected chi connectivity index (χ2v) is 3.05. The summed E-state index contributed by atoms with van der Waals surface area (Å²) in [5.74, 6) is 0. The molecule has 0 bridgehead atoms. The third kappa shape index (κ3) is 2.37. The molecule has 14 heavy (non-hydrogen) atoms. The van der Waals surface area contributed by atoms with Gasteiger partial charge in [-0.25, -0.2) is 0 Å². The first kappa shape index (κ1) is 10.8. The molecule has 0 radical (unpaired) electrons. The van der Waals surface area contributed by atoms with Crippen molar-refractivity contribution in [2.24, 2.45) is 0 Å². The SMILES string of the molecule is CC=C(C)c1cccc(C(F)(F)F)c1. The zero-order valence-corrected chi connectivity index (χ0v) is 8.02. The van der Waals surface area contributed by atoms with Crippen LogP contribution in [0.25, 0.3) is 5.57 Å². The molecule has 3 heteroatoms. The number of alkyl halides is 3. The van der Waals surface area contributed by atoms with Gasteiger partial charge in [0.15, 0.2) is 0 Å². The molecule has 0 saturated heterocycles. The van der Waals surface area contributed by atoms with E-state index in [9.17, 15) is 13.2 Å². The van der Waals surface area contributed by atoms with Gasteiger partial charge in [-0.3, -0.25) is 0 Å². The third-order valence-electron chi connectivity index (χ3n) is 2.08. The van der Waals surface area contributed by atoms with Gasteiger partial charge < -0.3 is 0 Å². The lowest BCUT2D eigenvalue weighted by Gasteiger charge is -2.08. The van der Waals surface area contributed by atoms with E-state index < -0.39 is 11.7 Å². The summed E-state index contributed by atoms with van der Waals surface area (Å²) >= 11 is 0. The number of rotatable bonds is 1. The Labute approximate surface area is 81.1 Å². The van der Waals surface area contributed by atoms with Gasteiger partial charge in [-0.1, -0.05) is 18.2 Å². The van der Waals surface area contributed by atoms with Crippen LogP contribution in [-0.4, -0.2) is 0 Å². The normalized spacial score (nSPS) is 13.1. The topological polar surface area (TPSA) is 0 Å². The second-order valence-electron chi connectivity index (χ2n) is 3.05. The first-order valence-corrected chi connectivity index (χ1v) is 4.25. The van der Waals surface area contributed by atoms with Gasteiger partial charge in [0.1, 0.15) is 0 Å². The van der Waals surface area contributed by atoms with Gasteiger partial charge in [0.2, 0.25) is 0 Å². The quantitative estimate of drug-likeness (QED) is 0.639. The molecule has 0 aliphatic heterocycles. The van der Waals surface area contributed by atoms with Crippen molar-refractivity contribution in [2.45, 2.75) is 20.0 Å². The Balaban J connectivity index is 3.14. The van der Waals surface area contributed by atoms with E-state index in [0.29, 0.717) is 5.56 Å². The van der Waals surface area contributed by atoms with Crippen molar-refractivity contribution in [3.05, 3.63) is 41.5 Å². The molecule has 1 rings (SSSR count). The van der Waals surface area contributed by atoms with E-state index in [0.717, 1.165) is 17.7 Å². The Morgan fingerprint density at radius 1 is 1.29 bits per heavy atom. The van der Waals surface area contributed by atoms with Crippen molar-refractivity contribution in [1.29, 1.82) is 0 Å². The summed E-state index contributed by atoms with van der Waals surface area (Å²) in [4.78, 5) is 0. The maximum atomic E-state index is 12.3. The molecule has 0 fully saturated rings. The first-order valence-electron chi connectivity index (χ1n) is 4.25. The molecule has 0 heterocycles. The molecule has 1 aromatic carbocycles. The minimum atomic E-state index is -4.26. The van der Waals surface area contributed by atoms with Crippen LogP contribution in [0.1, 0.15) is 25.0 Å². The minimum Gasteiger partial charge on any atom is -0.166 e. The Kier molecular flexibility index (Phi) is 2.99. The van der Waals surface area contributed by atoms with Crippen molar-refractivity contribution in [3.63, 3.8) is 0 Å². The molecule has 0 atom stereocenters. The highest BCUT2D eigenvalue weighted by Crippen LogP contribution is 2.30. The average Bonchev–Trinajstić information content (AvgIpc) is 2.15. The summed E-state index contributed by atoms with van der Waals surface area (Å²) in [6.45, 7) is 3.59. The van der Waals surface area contributed by atoms with Crippen molar-refractivity contribution in [3.8, 4) is 0 Å². The lowest BCUT2D eigenvalue weighted by atomic mass is 10.0. The predicted molar refractivity (Wildman–Crippen MR) is 50.8 cm³/mol. The highest BCUT2D eigenvalue weighted by atomic mass is 19.4. The van der Waals surface area contributed by atoms with Gasteiger partial charge in [0, 0.05) is 0 Å². The van der Waals surface area contributed by atoms with Crippen molar-refractivity contribution < 1.29 is 13.2 Å². The fourth-order valence-electron chi connectivity index (χ4n) is 1.11. The Hall–Kier alpha value is -1.25. The maximum absolute atomic E-state index is 12.3. The standard InChI is InChI=1S/C11H11F3/c1-3-8(2)9-5-4-6-10(7-9)11(12,13)14/h3-7H,1-2H3. The zero-order chi connectivity index (χ0) is 10.8. The summed E-state index contributed by atoms with van der Waals surface area (Å²) in [5.41, 5.74) is 0.856. The molecule has 0 amide bonds. The van der Waals surface area contributed by atoms with Crippen LogP contribution in [0.4, 0.5) is 13.2 Å². The Morgan fingerprint density at radius 2 is 1.93 bits per heavy atom.